The van der Waals surface area contributed by atoms with Crippen molar-refractivity contribution in [3.05, 3.63) is 41.0 Å². The van der Waals surface area contributed by atoms with E-state index in [4.69, 9.17) is 10.5 Å². The SMILES string of the molecule is COC(=O)c1cc(-n2cnc(C)c2C)cc(C)c1N. The third-order valence-electron chi connectivity index (χ3n) is 3.31. The number of carbonyl (C=O) groups is 1. The molecule has 100 valence electrons. The molecule has 1 heterocycles. The second-order valence-corrected chi connectivity index (χ2v) is 4.50. The predicted molar refractivity (Wildman–Crippen MR) is 73.5 cm³/mol. The fraction of sp³-hybridized carbons (Fsp3) is 0.286. The van der Waals surface area contributed by atoms with Gasteiger partial charge in [0.25, 0.3) is 0 Å². The number of nitrogens with zero attached hydrogens (tertiary/aromatic N) is 2. The Kier molecular flexibility index (Phi) is 3.29. The van der Waals surface area contributed by atoms with Crippen molar-refractivity contribution in [1.29, 1.82) is 0 Å². The summed E-state index contributed by atoms with van der Waals surface area (Å²) >= 11 is 0. The van der Waals surface area contributed by atoms with E-state index in [1.54, 1.807) is 12.4 Å². The number of methoxy groups -OCH3 is 1. The van der Waals surface area contributed by atoms with E-state index in [0.29, 0.717) is 11.3 Å². The molecular formula is C14H17N3O2. The first-order valence-electron chi connectivity index (χ1n) is 5.95. The highest BCUT2D eigenvalue weighted by molar-refractivity contribution is 5.96. The predicted octanol–water partition coefficient (Wildman–Crippen LogP) is 2.17. The lowest BCUT2D eigenvalue weighted by molar-refractivity contribution is 0.0602. The van der Waals surface area contributed by atoms with Crippen LogP contribution in [0.1, 0.15) is 27.3 Å². The van der Waals surface area contributed by atoms with E-state index in [0.717, 1.165) is 22.6 Å². The minimum Gasteiger partial charge on any atom is -0.465 e. The first-order chi connectivity index (χ1) is 8.95. The molecule has 5 heteroatoms. The summed E-state index contributed by atoms with van der Waals surface area (Å²) in [4.78, 5) is 16.0. The van der Waals surface area contributed by atoms with E-state index in [-0.39, 0.29) is 0 Å². The quantitative estimate of drug-likeness (QED) is 0.662. The first kappa shape index (κ1) is 13.1. The summed E-state index contributed by atoms with van der Waals surface area (Å²) in [5.41, 5.74) is 10.4. The molecule has 0 aliphatic carbocycles. The monoisotopic (exact) mass is 259 g/mol. The summed E-state index contributed by atoms with van der Waals surface area (Å²) in [5, 5.41) is 0. The molecule has 0 saturated carbocycles. The van der Waals surface area contributed by atoms with Gasteiger partial charge in [0.2, 0.25) is 0 Å². The lowest BCUT2D eigenvalue weighted by atomic mass is 10.1. The molecule has 2 N–H and O–H groups in total. The summed E-state index contributed by atoms with van der Waals surface area (Å²) in [7, 11) is 1.34. The van der Waals surface area contributed by atoms with Gasteiger partial charge < -0.3 is 15.0 Å². The maximum atomic E-state index is 11.7. The highest BCUT2D eigenvalue weighted by Gasteiger charge is 2.15. The number of ether oxygens (including phenoxy) is 1. The van der Waals surface area contributed by atoms with E-state index >= 15 is 0 Å². The van der Waals surface area contributed by atoms with Crippen LogP contribution in [0.4, 0.5) is 5.69 Å². The fourth-order valence-electron chi connectivity index (χ4n) is 1.96. The molecule has 0 aliphatic rings. The average Bonchev–Trinajstić information content (AvgIpc) is 2.72. The molecule has 0 radical (unpaired) electrons. The molecule has 5 nitrogen and oxygen atoms in total. The molecule has 0 amide bonds. The molecule has 0 bridgehead atoms. The molecule has 0 unspecified atom stereocenters. The van der Waals surface area contributed by atoms with Gasteiger partial charge in [-0.25, -0.2) is 9.78 Å². The standard InChI is InChI=1S/C14H17N3O2/c1-8-5-11(17-7-16-9(2)10(17)3)6-12(13(8)15)14(18)19-4/h5-7H,15H2,1-4H3. The highest BCUT2D eigenvalue weighted by atomic mass is 16.5. The van der Waals surface area contributed by atoms with Crippen LogP contribution in [0.2, 0.25) is 0 Å². The van der Waals surface area contributed by atoms with Gasteiger partial charge in [0.15, 0.2) is 0 Å². The highest BCUT2D eigenvalue weighted by Crippen LogP contribution is 2.24. The van der Waals surface area contributed by atoms with Crippen molar-refractivity contribution >= 4 is 11.7 Å². The zero-order valence-electron chi connectivity index (χ0n) is 11.5. The van der Waals surface area contributed by atoms with Gasteiger partial charge in [-0.15, -0.1) is 0 Å². The molecule has 19 heavy (non-hydrogen) atoms. The number of nitrogens with two attached hydrogens (primary N) is 1. The smallest absolute Gasteiger partial charge is 0.340 e. The van der Waals surface area contributed by atoms with Crippen molar-refractivity contribution in [2.75, 3.05) is 12.8 Å². The maximum absolute atomic E-state index is 11.7. The lowest BCUT2D eigenvalue weighted by Gasteiger charge is -2.12. The number of anilines is 1. The molecule has 0 saturated heterocycles. The van der Waals surface area contributed by atoms with Gasteiger partial charge in [0.05, 0.1) is 24.7 Å². The van der Waals surface area contributed by atoms with E-state index in [1.807, 2.05) is 31.4 Å². The molecule has 1 aromatic heterocycles. The van der Waals surface area contributed by atoms with E-state index < -0.39 is 5.97 Å². The number of hydrogen-bond donors (Lipinski definition) is 1. The van der Waals surface area contributed by atoms with E-state index in [2.05, 4.69) is 4.98 Å². The normalized spacial score (nSPS) is 10.5. The number of aromatic nitrogens is 2. The number of imidazole rings is 1. The van der Waals surface area contributed by atoms with Gasteiger partial charge in [-0.1, -0.05) is 0 Å². The Balaban J connectivity index is 2.63. The van der Waals surface area contributed by atoms with Crippen LogP contribution < -0.4 is 5.73 Å². The van der Waals surface area contributed by atoms with Crippen LogP contribution in [0, 0.1) is 20.8 Å². The minimum atomic E-state index is -0.433. The summed E-state index contributed by atoms with van der Waals surface area (Å²) in [6.07, 6.45) is 1.73. The van der Waals surface area contributed by atoms with Crippen molar-refractivity contribution in [2.24, 2.45) is 0 Å². The number of esters is 1. The number of nitrogen functional groups attached to an aromatic ring is 1. The minimum absolute atomic E-state index is 0.378. The van der Waals surface area contributed by atoms with Crippen molar-refractivity contribution in [1.82, 2.24) is 9.55 Å². The van der Waals surface area contributed by atoms with Crippen LogP contribution in [0.3, 0.4) is 0 Å². The van der Waals surface area contributed by atoms with Crippen LogP contribution in [0.25, 0.3) is 5.69 Å². The first-order valence-corrected chi connectivity index (χ1v) is 5.95. The maximum Gasteiger partial charge on any atom is 0.340 e. The molecule has 0 aliphatic heterocycles. The van der Waals surface area contributed by atoms with Crippen LogP contribution in [-0.4, -0.2) is 22.6 Å². The average molecular weight is 259 g/mol. The topological polar surface area (TPSA) is 70.1 Å². The van der Waals surface area contributed by atoms with Gasteiger partial charge in [-0.2, -0.15) is 0 Å². The molecule has 0 atom stereocenters. The third kappa shape index (κ3) is 2.19. The molecule has 1 aromatic carbocycles. The Bertz CT molecular complexity index is 644. The van der Waals surface area contributed by atoms with E-state index in [9.17, 15) is 4.79 Å². The summed E-state index contributed by atoms with van der Waals surface area (Å²) in [6.45, 7) is 5.79. The van der Waals surface area contributed by atoms with Crippen LogP contribution >= 0.6 is 0 Å². The van der Waals surface area contributed by atoms with Gasteiger partial charge in [-0.3, -0.25) is 0 Å². The Hall–Kier alpha value is -2.30. The zero-order valence-corrected chi connectivity index (χ0v) is 11.5. The second kappa shape index (κ2) is 4.76. The zero-order chi connectivity index (χ0) is 14.2. The Morgan fingerprint density at radius 2 is 2.00 bits per heavy atom. The summed E-state index contributed by atoms with van der Waals surface area (Å²) in [6, 6.07) is 3.65. The van der Waals surface area contributed by atoms with Crippen molar-refractivity contribution in [3.63, 3.8) is 0 Å². The molecule has 2 aromatic rings. The molecule has 2 rings (SSSR count). The van der Waals surface area contributed by atoms with Crippen LogP contribution in [0.15, 0.2) is 18.5 Å². The van der Waals surface area contributed by atoms with E-state index in [1.165, 1.54) is 7.11 Å². The van der Waals surface area contributed by atoms with Crippen molar-refractivity contribution in [3.8, 4) is 5.69 Å². The summed E-state index contributed by atoms with van der Waals surface area (Å²) in [5.74, 6) is -0.433. The number of hydrogen-bond acceptors (Lipinski definition) is 4. The van der Waals surface area contributed by atoms with Crippen LogP contribution in [-0.2, 0) is 4.74 Å². The lowest BCUT2D eigenvalue weighted by Crippen LogP contribution is -2.09. The number of aryl methyl sites for hydroxylation is 2. The number of carbonyl (C=O) groups excluding carboxylic acids is 1. The Labute approximate surface area is 112 Å². The third-order valence-corrected chi connectivity index (χ3v) is 3.31. The summed E-state index contributed by atoms with van der Waals surface area (Å²) < 4.78 is 6.68. The van der Waals surface area contributed by atoms with Gasteiger partial charge in [0, 0.05) is 17.1 Å². The van der Waals surface area contributed by atoms with Gasteiger partial charge >= 0.3 is 5.97 Å². The van der Waals surface area contributed by atoms with Crippen molar-refractivity contribution in [2.45, 2.75) is 20.8 Å². The Morgan fingerprint density at radius 3 is 2.53 bits per heavy atom. The molecular weight excluding hydrogens is 242 g/mol. The van der Waals surface area contributed by atoms with Gasteiger partial charge in [0.1, 0.15) is 0 Å². The van der Waals surface area contributed by atoms with Gasteiger partial charge in [-0.05, 0) is 38.5 Å². The number of benzene rings is 1. The fourth-order valence-corrected chi connectivity index (χ4v) is 1.96. The Morgan fingerprint density at radius 1 is 1.32 bits per heavy atom. The van der Waals surface area contributed by atoms with Crippen LogP contribution in [0.5, 0.6) is 0 Å². The largest absolute Gasteiger partial charge is 0.465 e. The number of rotatable bonds is 2. The molecule has 0 spiro atoms. The van der Waals surface area contributed by atoms with Crippen molar-refractivity contribution < 1.29 is 9.53 Å². The molecule has 0 fully saturated rings. The second-order valence-electron chi connectivity index (χ2n) is 4.50.